The summed E-state index contributed by atoms with van der Waals surface area (Å²) in [7, 11) is 1.70. The zero-order valence-corrected chi connectivity index (χ0v) is 11.0. The first-order chi connectivity index (χ1) is 7.76. The van der Waals surface area contributed by atoms with E-state index in [1.165, 1.54) is 11.1 Å². The van der Waals surface area contributed by atoms with Crippen LogP contribution < -0.4 is 4.74 Å². The van der Waals surface area contributed by atoms with Gasteiger partial charge < -0.3 is 9.84 Å². The summed E-state index contributed by atoms with van der Waals surface area (Å²) in [6, 6.07) is 4.03. The summed E-state index contributed by atoms with van der Waals surface area (Å²) in [5, 5.41) is 8.97. The van der Waals surface area contributed by atoms with E-state index in [2.05, 4.69) is 20.8 Å². The molecule has 0 spiro atoms. The number of β-amino-alcohol motifs (C(OH)–C–C–N with tert-alkyl or cyclic N) is 1. The van der Waals surface area contributed by atoms with Crippen molar-refractivity contribution in [2.75, 3.05) is 26.8 Å². The van der Waals surface area contributed by atoms with Crippen LogP contribution in [0.15, 0.2) is 16.6 Å². The number of ether oxygens (including phenoxy) is 1. The summed E-state index contributed by atoms with van der Waals surface area (Å²) >= 11 is 3.58. The van der Waals surface area contributed by atoms with Gasteiger partial charge in [-0.2, -0.15) is 0 Å². The number of halogens is 1. The molecule has 1 N–H and O–H groups in total. The Morgan fingerprint density at radius 1 is 1.44 bits per heavy atom. The van der Waals surface area contributed by atoms with Crippen molar-refractivity contribution in [3.05, 3.63) is 27.7 Å². The van der Waals surface area contributed by atoms with Gasteiger partial charge in [0.25, 0.3) is 0 Å². The summed E-state index contributed by atoms with van der Waals surface area (Å²) in [5.41, 5.74) is 2.59. The molecule has 0 radical (unpaired) electrons. The molecule has 1 aliphatic rings. The Morgan fingerprint density at radius 2 is 2.25 bits per heavy atom. The van der Waals surface area contributed by atoms with Crippen LogP contribution in [-0.2, 0) is 13.0 Å². The van der Waals surface area contributed by atoms with Crippen molar-refractivity contribution >= 4 is 15.9 Å². The molecule has 0 saturated carbocycles. The lowest BCUT2D eigenvalue weighted by Crippen LogP contribution is -2.33. The molecule has 0 aromatic heterocycles. The fraction of sp³-hybridized carbons (Fsp3) is 0.500. The molecule has 1 aliphatic heterocycles. The van der Waals surface area contributed by atoms with Gasteiger partial charge in [0.15, 0.2) is 0 Å². The number of aliphatic hydroxyl groups is 1. The zero-order chi connectivity index (χ0) is 11.5. The Balaban J connectivity index is 2.31. The first-order valence-corrected chi connectivity index (χ1v) is 6.23. The maximum Gasteiger partial charge on any atom is 0.123 e. The lowest BCUT2D eigenvalue weighted by molar-refractivity contribution is 0.182. The molecule has 3 nitrogen and oxygen atoms in total. The number of benzene rings is 1. The molecule has 0 fully saturated rings. The van der Waals surface area contributed by atoms with Crippen LogP contribution in [0.5, 0.6) is 5.75 Å². The highest BCUT2D eigenvalue weighted by Gasteiger charge is 2.21. The van der Waals surface area contributed by atoms with Gasteiger partial charge in [-0.05, 0) is 24.1 Å². The molecular weight excluding hydrogens is 270 g/mol. The Hall–Kier alpha value is -0.580. The van der Waals surface area contributed by atoms with E-state index < -0.39 is 0 Å². The highest BCUT2D eigenvalue weighted by Crippen LogP contribution is 2.33. The quantitative estimate of drug-likeness (QED) is 0.920. The van der Waals surface area contributed by atoms with E-state index in [0.29, 0.717) is 0 Å². The fourth-order valence-electron chi connectivity index (χ4n) is 2.18. The van der Waals surface area contributed by atoms with Gasteiger partial charge in [0.1, 0.15) is 5.75 Å². The highest BCUT2D eigenvalue weighted by molar-refractivity contribution is 9.10. The Bertz CT molecular complexity index is 382. The minimum absolute atomic E-state index is 0.214. The van der Waals surface area contributed by atoms with Gasteiger partial charge in [-0.25, -0.2) is 0 Å². The number of rotatable bonds is 3. The standard InChI is InChI=1S/C12H16BrNO2/c1-16-12-3-2-11(13)9-4-5-14(6-7-15)8-10(9)12/h2-3,15H,4-8H2,1H3. The van der Waals surface area contributed by atoms with E-state index in [9.17, 15) is 0 Å². The second kappa shape index (κ2) is 5.17. The van der Waals surface area contributed by atoms with Gasteiger partial charge in [-0.3, -0.25) is 4.90 Å². The second-order valence-corrected chi connectivity index (χ2v) is 4.81. The van der Waals surface area contributed by atoms with Gasteiger partial charge in [0.05, 0.1) is 13.7 Å². The molecule has 2 rings (SSSR count). The Labute approximate surface area is 104 Å². The zero-order valence-electron chi connectivity index (χ0n) is 9.37. The molecule has 1 aromatic carbocycles. The van der Waals surface area contributed by atoms with Gasteiger partial charge in [-0.1, -0.05) is 15.9 Å². The van der Waals surface area contributed by atoms with E-state index in [-0.39, 0.29) is 6.61 Å². The summed E-state index contributed by atoms with van der Waals surface area (Å²) in [4.78, 5) is 2.25. The van der Waals surface area contributed by atoms with Gasteiger partial charge in [-0.15, -0.1) is 0 Å². The van der Waals surface area contributed by atoms with Crippen molar-refractivity contribution in [1.29, 1.82) is 0 Å². The average Bonchev–Trinajstić information content (AvgIpc) is 2.30. The summed E-state index contributed by atoms with van der Waals surface area (Å²) in [6.07, 6.45) is 1.01. The van der Waals surface area contributed by atoms with Crippen LogP contribution >= 0.6 is 15.9 Å². The monoisotopic (exact) mass is 285 g/mol. The number of hydrogen-bond acceptors (Lipinski definition) is 3. The van der Waals surface area contributed by atoms with Crippen molar-refractivity contribution in [1.82, 2.24) is 4.90 Å². The topological polar surface area (TPSA) is 32.7 Å². The summed E-state index contributed by atoms with van der Waals surface area (Å²) < 4.78 is 6.54. The molecule has 0 bridgehead atoms. The molecule has 16 heavy (non-hydrogen) atoms. The molecule has 88 valence electrons. The third kappa shape index (κ3) is 2.24. The van der Waals surface area contributed by atoms with Gasteiger partial charge in [0, 0.05) is 29.7 Å². The molecular formula is C12H16BrNO2. The van der Waals surface area contributed by atoms with Crippen LogP contribution in [0.4, 0.5) is 0 Å². The van der Waals surface area contributed by atoms with E-state index >= 15 is 0 Å². The van der Waals surface area contributed by atoms with Crippen molar-refractivity contribution in [2.45, 2.75) is 13.0 Å². The molecule has 0 saturated heterocycles. The molecule has 0 atom stereocenters. The lowest BCUT2D eigenvalue weighted by atomic mass is 9.99. The smallest absolute Gasteiger partial charge is 0.123 e. The first kappa shape index (κ1) is 11.9. The van der Waals surface area contributed by atoms with E-state index in [1.807, 2.05) is 12.1 Å². The van der Waals surface area contributed by atoms with E-state index in [0.717, 1.165) is 36.3 Å². The van der Waals surface area contributed by atoms with Crippen molar-refractivity contribution in [3.63, 3.8) is 0 Å². The number of fused-ring (bicyclic) bond motifs is 1. The largest absolute Gasteiger partial charge is 0.496 e. The Kier molecular flexibility index (Phi) is 3.84. The SMILES string of the molecule is COc1ccc(Br)c2c1CN(CCO)CC2. The summed E-state index contributed by atoms with van der Waals surface area (Å²) in [6.45, 7) is 2.80. The molecule has 0 amide bonds. The molecule has 0 aliphatic carbocycles. The van der Waals surface area contributed by atoms with Crippen LogP contribution in [-0.4, -0.2) is 36.8 Å². The van der Waals surface area contributed by atoms with E-state index in [4.69, 9.17) is 9.84 Å². The molecule has 4 heteroatoms. The lowest BCUT2D eigenvalue weighted by Gasteiger charge is -2.29. The predicted octanol–water partition coefficient (Wildman–Crippen LogP) is 1.81. The third-order valence-electron chi connectivity index (χ3n) is 3.03. The number of methoxy groups -OCH3 is 1. The van der Waals surface area contributed by atoms with Crippen LogP contribution in [0.2, 0.25) is 0 Å². The average molecular weight is 286 g/mol. The number of hydrogen-bond donors (Lipinski definition) is 1. The first-order valence-electron chi connectivity index (χ1n) is 5.43. The molecule has 1 heterocycles. The van der Waals surface area contributed by atoms with Crippen LogP contribution in [0.1, 0.15) is 11.1 Å². The van der Waals surface area contributed by atoms with Crippen LogP contribution in [0.3, 0.4) is 0 Å². The fourth-order valence-corrected chi connectivity index (χ4v) is 2.75. The number of aliphatic hydroxyl groups excluding tert-OH is 1. The number of nitrogens with zero attached hydrogens (tertiary/aromatic N) is 1. The van der Waals surface area contributed by atoms with Crippen molar-refractivity contribution < 1.29 is 9.84 Å². The van der Waals surface area contributed by atoms with Gasteiger partial charge in [0.2, 0.25) is 0 Å². The maximum absolute atomic E-state index is 8.97. The minimum Gasteiger partial charge on any atom is -0.496 e. The molecule has 1 aromatic rings. The van der Waals surface area contributed by atoms with Crippen molar-refractivity contribution in [3.8, 4) is 5.75 Å². The normalized spacial score (nSPS) is 15.9. The summed E-state index contributed by atoms with van der Waals surface area (Å²) in [5.74, 6) is 0.945. The Morgan fingerprint density at radius 3 is 2.94 bits per heavy atom. The van der Waals surface area contributed by atoms with Crippen molar-refractivity contribution in [2.24, 2.45) is 0 Å². The molecule has 0 unspecified atom stereocenters. The second-order valence-electron chi connectivity index (χ2n) is 3.96. The predicted molar refractivity (Wildman–Crippen MR) is 66.8 cm³/mol. The van der Waals surface area contributed by atoms with Crippen LogP contribution in [0.25, 0.3) is 0 Å². The highest BCUT2D eigenvalue weighted by atomic mass is 79.9. The van der Waals surface area contributed by atoms with E-state index in [1.54, 1.807) is 7.11 Å². The van der Waals surface area contributed by atoms with Crippen LogP contribution in [0, 0.1) is 0 Å². The maximum atomic E-state index is 8.97. The van der Waals surface area contributed by atoms with Gasteiger partial charge >= 0.3 is 0 Å². The minimum atomic E-state index is 0.214. The third-order valence-corrected chi connectivity index (χ3v) is 3.77.